The Morgan fingerprint density at radius 3 is 3.00 bits per heavy atom. The van der Waals surface area contributed by atoms with E-state index in [9.17, 15) is 0 Å². The Bertz CT molecular complexity index is 335. The predicted molar refractivity (Wildman–Crippen MR) is 69.1 cm³/mol. The summed E-state index contributed by atoms with van der Waals surface area (Å²) in [6, 6.07) is 0. The maximum Gasteiger partial charge on any atom is 0.195 e. The molecule has 0 spiro atoms. The van der Waals surface area contributed by atoms with Crippen LogP contribution in [0, 0.1) is 5.92 Å². The molecule has 2 atom stereocenters. The van der Waals surface area contributed by atoms with Crippen molar-refractivity contribution < 1.29 is 4.42 Å². The molecule has 3 heteroatoms. The molecule has 0 amide bonds. The highest BCUT2D eigenvalue weighted by molar-refractivity contribution is 5.05. The summed E-state index contributed by atoms with van der Waals surface area (Å²) < 4.78 is 5.87. The van der Waals surface area contributed by atoms with Crippen LogP contribution in [0.15, 0.2) is 10.6 Å². The number of hydrogen-bond donors (Lipinski definition) is 1. The summed E-state index contributed by atoms with van der Waals surface area (Å²) in [5.41, 5.74) is 0. The molecule has 1 saturated carbocycles. The van der Waals surface area contributed by atoms with Gasteiger partial charge in [-0.15, -0.1) is 0 Å². The van der Waals surface area contributed by atoms with Crippen LogP contribution in [0.1, 0.15) is 57.1 Å². The third-order valence-electron chi connectivity index (χ3n) is 3.74. The van der Waals surface area contributed by atoms with Crippen molar-refractivity contribution in [2.45, 2.75) is 51.9 Å². The molecule has 1 aliphatic carbocycles. The van der Waals surface area contributed by atoms with E-state index in [1.165, 1.54) is 25.7 Å². The first-order valence-electron chi connectivity index (χ1n) is 6.96. The molecule has 1 aliphatic rings. The fourth-order valence-corrected chi connectivity index (χ4v) is 2.68. The van der Waals surface area contributed by atoms with Gasteiger partial charge in [-0.3, -0.25) is 0 Å². The van der Waals surface area contributed by atoms with Gasteiger partial charge in [-0.2, -0.15) is 0 Å². The zero-order valence-electron chi connectivity index (χ0n) is 11.0. The van der Waals surface area contributed by atoms with Gasteiger partial charge in [-0.1, -0.05) is 20.3 Å². The van der Waals surface area contributed by atoms with Crippen molar-refractivity contribution >= 4 is 0 Å². The molecule has 1 N–H and O–H groups in total. The van der Waals surface area contributed by atoms with Crippen molar-refractivity contribution in [3.8, 4) is 0 Å². The summed E-state index contributed by atoms with van der Waals surface area (Å²) in [6.45, 7) is 6.54. The van der Waals surface area contributed by atoms with Gasteiger partial charge in [0.2, 0.25) is 0 Å². The highest BCUT2D eigenvalue weighted by atomic mass is 16.4. The van der Waals surface area contributed by atoms with Gasteiger partial charge in [0, 0.05) is 18.9 Å². The van der Waals surface area contributed by atoms with E-state index in [1.807, 2.05) is 6.20 Å². The Morgan fingerprint density at radius 2 is 2.29 bits per heavy atom. The van der Waals surface area contributed by atoms with Crippen LogP contribution >= 0.6 is 0 Å². The van der Waals surface area contributed by atoms with Gasteiger partial charge in [0.25, 0.3) is 0 Å². The monoisotopic (exact) mass is 236 g/mol. The van der Waals surface area contributed by atoms with Crippen molar-refractivity contribution in [3.05, 3.63) is 17.8 Å². The van der Waals surface area contributed by atoms with Crippen LogP contribution in [-0.2, 0) is 6.42 Å². The Kier molecular flexibility index (Phi) is 4.60. The maximum absolute atomic E-state index is 5.87. The second kappa shape index (κ2) is 6.20. The molecule has 17 heavy (non-hydrogen) atoms. The van der Waals surface area contributed by atoms with E-state index in [0.29, 0.717) is 5.92 Å². The molecule has 1 aromatic heterocycles. The third kappa shape index (κ3) is 3.32. The van der Waals surface area contributed by atoms with Gasteiger partial charge in [-0.05, 0) is 31.7 Å². The van der Waals surface area contributed by atoms with Crippen molar-refractivity contribution in [2.24, 2.45) is 5.92 Å². The van der Waals surface area contributed by atoms with E-state index in [4.69, 9.17) is 4.42 Å². The highest BCUT2D eigenvalue weighted by Gasteiger charge is 2.27. The standard InChI is InChI=1S/C14H24N2O/c1-3-8-15-9-7-14-16-10-13(17-14)12-6-4-5-11(12)2/h10-12,15H,3-9H2,1-2H3. The van der Waals surface area contributed by atoms with Crippen LogP contribution in [0.25, 0.3) is 0 Å². The lowest BCUT2D eigenvalue weighted by Gasteiger charge is -2.10. The molecule has 0 radical (unpaired) electrons. The van der Waals surface area contributed by atoms with Crippen LogP contribution in [0.4, 0.5) is 0 Å². The van der Waals surface area contributed by atoms with Crippen molar-refractivity contribution in [1.82, 2.24) is 10.3 Å². The van der Waals surface area contributed by atoms with Gasteiger partial charge in [0.1, 0.15) is 5.76 Å². The molecule has 0 aromatic carbocycles. The minimum atomic E-state index is 0.611. The maximum atomic E-state index is 5.87. The van der Waals surface area contributed by atoms with E-state index in [2.05, 4.69) is 24.1 Å². The van der Waals surface area contributed by atoms with Gasteiger partial charge in [0.05, 0.1) is 6.20 Å². The minimum absolute atomic E-state index is 0.611. The molecular formula is C14H24N2O. The van der Waals surface area contributed by atoms with Crippen molar-refractivity contribution in [2.75, 3.05) is 13.1 Å². The normalized spacial score (nSPS) is 24.4. The number of nitrogens with zero attached hydrogens (tertiary/aromatic N) is 1. The summed E-state index contributed by atoms with van der Waals surface area (Å²) in [7, 11) is 0. The second-order valence-electron chi connectivity index (χ2n) is 5.17. The van der Waals surface area contributed by atoms with Crippen LogP contribution in [0.2, 0.25) is 0 Å². The zero-order chi connectivity index (χ0) is 12.1. The fourth-order valence-electron chi connectivity index (χ4n) is 2.68. The Hall–Kier alpha value is -0.830. The van der Waals surface area contributed by atoms with E-state index in [1.54, 1.807) is 0 Å². The second-order valence-corrected chi connectivity index (χ2v) is 5.17. The van der Waals surface area contributed by atoms with E-state index >= 15 is 0 Å². The lowest BCUT2D eigenvalue weighted by atomic mass is 9.96. The van der Waals surface area contributed by atoms with E-state index in [0.717, 1.165) is 37.1 Å². The molecule has 3 nitrogen and oxygen atoms in total. The third-order valence-corrected chi connectivity index (χ3v) is 3.74. The number of oxazole rings is 1. The first-order chi connectivity index (χ1) is 8.31. The summed E-state index contributed by atoms with van der Waals surface area (Å²) in [5.74, 6) is 3.37. The molecule has 0 bridgehead atoms. The minimum Gasteiger partial charge on any atom is -0.445 e. The number of hydrogen-bond acceptors (Lipinski definition) is 3. The van der Waals surface area contributed by atoms with Crippen molar-refractivity contribution in [1.29, 1.82) is 0 Å². The zero-order valence-corrected chi connectivity index (χ0v) is 11.0. The molecule has 96 valence electrons. The lowest BCUT2D eigenvalue weighted by Crippen LogP contribution is -2.17. The average molecular weight is 236 g/mol. The van der Waals surface area contributed by atoms with Gasteiger partial charge in [-0.25, -0.2) is 4.98 Å². The summed E-state index contributed by atoms with van der Waals surface area (Å²) in [4.78, 5) is 4.39. The number of rotatable bonds is 6. The number of aromatic nitrogens is 1. The Balaban J connectivity index is 1.83. The topological polar surface area (TPSA) is 38.1 Å². The lowest BCUT2D eigenvalue weighted by molar-refractivity contribution is 0.387. The molecule has 2 rings (SSSR count). The first-order valence-corrected chi connectivity index (χ1v) is 6.96. The number of nitrogens with one attached hydrogen (secondary N) is 1. The summed E-state index contributed by atoms with van der Waals surface area (Å²) >= 11 is 0. The predicted octanol–water partition coefficient (Wildman–Crippen LogP) is 3.12. The fraction of sp³-hybridized carbons (Fsp3) is 0.786. The van der Waals surface area contributed by atoms with Crippen molar-refractivity contribution in [3.63, 3.8) is 0 Å². The molecule has 0 saturated heterocycles. The highest BCUT2D eigenvalue weighted by Crippen LogP contribution is 2.39. The summed E-state index contributed by atoms with van der Waals surface area (Å²) in [6.07, 6.45) is 7.96. The molecule has 2 unspecified atom stereocenters. The first kappa shape index (κ1) is 12.6. The molecule has 1 aromatic rings. The van der Waals surface area contributed by atoms with E-state index in [-0.39, 0.29) is 0 Å². The van der Waals surface area contributed by atoms with Crippen LogP contribution < -0.4 is 5.32 Å². The largest absolute Gasteiger partial charge is 0.445 e. The Labute approximate surface area is 104 Å². The van der Waals surface area contributed by atoms with Gasteiger partial charge in [0.15, 0.2) is 5.89 Å². The van der Waals surface area contributed by atoms with Gasteiger partial charge < -0.3 is 9.73 Å². The molecule has 0 aliphatic heterocycles. The van der Waals surface area contributed by atoms with E-state index < -0.39 is 0 Å². The van der Waals surface area contributed by atoms with Crippen LogP contribution in [0.5, 0.6) is 0 Å². The summed E-state index contributed by atoms with van der Waals surface area (Å²) in [5, 5.41) is 3.37. The Morgan fingerprint density at radius 1 is 1.41 bits per heavy atom. The average Bonchev–Trinajstić information content (AvgIpc) is 2.93. The van der Waals surface area contributed by atoms with Crippen LogP contribution in [-0.4, -0.2) is 18.1 Å². The molecule has 1 heterocycles. The molecule has 1 fully saturated rings. The smallest absolute Gasteiger partial charge is 0.195 e. The SMILES string of the molecule is CCCNCCc1ncc(C2CCCC2C)o1. The quantitative estimate of drug-likeness (QED) is 0.771. The molecular weight excluding hydrogens is 212 g/mol. The van der Waals surface area contributed by atoms with Gasteiger partial charge >= 0.3 is 0 Å². The van der Waals surface area contributed by atoms with Crippen LogP contribution in [0.3, 0.4) is 0 Å².